The molecule has 0 bridgehead atoms. The quantitative estimate of drug-likeness (QED) is 0.870. The van der Waals surface area contributed by atoms with E-state index in [0.717, 1.165) is 42.9 Å². The molecule has 0 spiro atoms. The van der Waals surface area contributed by atoms with E-state index in [1.54, 1.807) is 0 Å². The Bertz CT molecular complexity index is 464. The van der Waals surface area contributed by atoms with Gasteiger partial charge in [-0.25, -0.2) is 0 Å². The van der Waals surface area contributed by atoms with Crippen LogP contribution in [-0.4, -0.2) is 36.2 Å². The summed E-state index contributed by atoms with van der Waals surface area (Å²) in [5.74, 6) is 0.361. The van der Waals surface area contributed by atoms with E-state index in [0.29, 0.717) is 12.2 Å². The van der Waals surface area contributed by atoms with Gasteiger partial charge in [0, 0.05) is 32.2 Å². The van der Waals surface area contributed by atoms with Gasteiger partial charge in [-0.15, -0.1) is 0 Å². The molecule has 1 aromatic carbocycles. The maximum atomic E-state index is 9.86. The topological polar surface area (TPSA) is 59.3 Å². The molecule has 0 saturated carbocycles. The molecule has 4 nitrogen and oxygen atoms in total. The number of aromatic hydroxyl groups is 1. The first kappa shape index (κ1) is 13.9. The number of nitriles is 1. The maximum absolute atomic E-state index is 9.86. The number of nitrogens with one attached hydrogen (secondary N) is 1. The van der Waals surface area contributed by atoms with Crippen molar-refractivity contribution >= 4 is 0 Å². The second kappa shape index (κ2) is 6.05. The normalized spacial score (nSPS) is 17.9. The summed E-state index contributed by atoms with van der Waals surface area (Å²) < 4.78 is 0. The van der Waals surface area contributed by atoms with Crippen molar-refractivity contribution < 1.29 is 5.11 Å². The Kier molecular flexibility index (Phi) is 4.41. The molecular weight excluding hydrogens is 238 g/mol. The van der Waals surface area contributed by atoms with E-state index in [1.165, 1.54) is 0 Å². The lowest BCUT2D eigenvalue weighted by molar-refractivity contribution is 0.175. The summed E-state index contributed by atoms with van der Waals surface area (Å²) in [5, 5.41) is 22.3. The Labute approximate surface area is 114 Å². The van der Waals surface area contributed by atoms with Crippen LogP contribution in [0.15, 0.2) is 12.1 Å². The monoisotopic (exact) mass is 259 g/mol. The molecule has 1 aliphatic heterocycles. The van der Waals surface area contributed by atoms with E-state index in [4.69, 9.17) is 5.26 Å². The van der Waals surface area contributed by atoms with Crippen LogP contribution in [0, 0.1) is 25.2 Å². The van der Waals surface area contributed by atoms with Gasteiger partial charge in [-0.2, -0.15) is 5.26 Å². The van der Waals surface area contributed by atoms with Gasteiger partial charge in [0.1, 0.15) is 5.75 Å². The van der Waals surface area contributed by atoms with E-state index in [9.17, 15) is 5.11 Å². The smallest absolute Gasteiger partial charge is 0.121 e. The fourth-order valence-electron chi connectivity index (χ4n) is 2.72. The second-order valence-corrected chi connectivity index (χ2v) is 5.17. The first-order valence-corrected chi connectivity index (χ1v) is 6.75. The van der Waals surface area contributed by atoms with Crippen LogP contribution in [0.25, 0.3) is 0 Å². The number of piperazine rings is 1. The maximum Gasteiger partial charge on any atom is 0.121 e. The van der Waals surface area contributed by atoms with Crippen LogP contribution in [-0.2, 0) is 0 Å². The van der Waals surface area contributed by atoms with Gasteiger partial charge in [0.2, 0.25) is 0 Å². The summed E-state index contributed by atoms with van der Waals surface area (Å²) in [7, 11) is 0. The lowest BCUT2D eigenvalue weighted by Crippen LogP contribution is -2.45. The number of rotatable bonds is 3. The molecule has 1 fully saturated rings. The van der Waals surface area contributed by atoms with Gasteiger partial charge < -0.3 is 10.4 Å². The fourth-order valence-corrected chi connectivity index (χ4v) is 2.72. The van der Waals surface area contributed by atoms with Crippen LogP contribution in [0.5, 0.6) is 5.75 Å². The molecule has 1 saturated heterocycles. The summed E-state index contributed by atoms with van der Waals surface area (Å²) in [6.45, 7) is 7.69. The highest BCUT2D eigenvalue weighted by Crippen LogP contribution is 2.30. The zero-order chi connectivity index (χ0) is 13.8. The van der Waals surface area contributed by atoms with Crippen molar-refractivity contribution in [2.24, 2.45) is 0 Å². The molecule has 0 amide bonds. The van der Waals surface area contributed by atoms with E-state index in [2.05, 4.69) is 16.3 Å². The van der Waals surface area contributed by atoms with E-state index < -0.39 is 0 Å². The zero-order valence-corrected chi connectivity index (χ0v) is 11.6. The molecule has 1 heterocycles. The van der Waals surface area contributed by atoms with Crippen LogP contribution in [0.2, 0.25) is 0 Å². The Morgan fingerprint density at radius 2 is 1.89 bits per heavy atom. The van der Waals surface area contributed by atoms with Crippen LogP contribution in [0.3, 0.4) is 0 Å². The summed E-state index contributed by atoms with van der Waals surface area (Å²) in [6.07, 6.45) is 0.490. The van der Waals surface area contributed by atoms with Crippen LogP contribution >= 0.6 is 0 Å². The van der Waals surface area contributed by atoms with Crippen LogP contribution in [0.1, 0.15) is 29.2 Å². The molecule has 4 heteroatoms. The predicted molar refractivity (Wildman–Crippen MR) is 75.0 cm³/mol. The van der Waals surface area contributed by atoms with Crippen molar-refractivity contribution in [1.29, 1.82) is 5.26 Å². The Morgan fingerprint density at radius 3 is 2.42 bits per heavy atom. The van der Waals surface area contributed by atoms with Crippen LogP contribution < -0.4 is 5.32 Å². The van der Waals surface area contributed by atoms with E-state index in [-0.39, 0.29) is 6.04 Å². The molecule has 102 valence electrons. The Morgan fingerprint density at radius 1 is 1.32 bits per heavy atom. The highest BCUT2D eigenvalue weighted by Gasteiger charge is 2.22. The molecule has 1 aromatic rings. The van der Waals surface area contributed by atoms with Crippen molar-refractivity contribution in [1.82, 2.24) is 10.2 Å². The third-order valence-corrected chi connectivity index (χ3v) is 3.78. The molecule has 0 aromatic heterocycles. The highest BCUT2D eigenvalue weighted by atomic mass is 16.3. The molecule has 2 rings (SSSR count). The van der Waals surface area contributed by atoms with Gasteiger partial charge in [0.15, 0.2) is 0 Å². The van der Waals surface area contributed by atoms with Gasteiger partial charge in [0.05, 0.1) is 12.5 Å². The summed E-state index contributed by atoms with van der Waals surface area (Å²) >= 11 is 0. The third-order valence-electron chi connectivity index (χ3n) is 3.78. The highest BCUT2D eigenvalue weighted by molar-refractivity contribution is 5.43. The minimum absolute atomic E-state index is 0.130. The largest absolute Gasteiger partial charge is 0.507 e. The lowest BCUT2D eigenvalue weighted by atomic mass is 9.97. The summed E-state index contributed by atoms with van der Waals surface area (Å²) in [5.41, 5.74) is 2.90. The third kappa shape index (κ3) is 3.06. The zero-order valence-electron chi connectivity index (χ0n) is 11.6. The minimum Gasteiger partial charge on any atom is -0.507 e. The standard InChI is InChI=1S/C15H21N3O/c1-11-9-13(10-12(2)15(11)19)14(3-4-16)18-7-5-17-6-8-18/h9-10,14,17,19H,3,5-8H2,1-2H3/t14-/m1/s1. The predicted octanol–water partition coefficient (Wildman–Crippen LogP) is 1.87. The second-order valence-electron chi connectivity index (χ2n) is 5.17. The average Bonchev–Trinajstić information content (AvgIpc) is 2.42. The Balaban J connectivity index is 2.30. The summed E-state index contributed by atoms with van der Waals surface area (Å²) in [4.78, 5) is 2.35. The van der Waals surface area contributed by atoms with Crippen LogP contribution in [0.4, 0.5) is 0 Å². The number of aryl methyl sites for hydroxylation is 2. The summed E-state index contributed by atoms with van der Waals surface area (Å²) in [6, 6.07) is 6.43. The molecule has 1 aliphatic rings. The van der Waals surface area contributed by atoms with Gasteiger partial charge in [-0.05, 0) is 30.5 Å². The number of benzene rings is 1. The molecular formula is C15H21N3O. The number of hydrogen-bond acceptors (Lipinski definition) is 4. The molecule has 0 aliphatic carbocycles. The number of nitrogens with zero attached hydrogens (tertiary/aromatic N) is 2. The van der Waals surface area contributed by atoms with Crippen molar-refractivity contribution in [2.45, 2.75) is 26.3 Å². The molecule has 0 unspecified atom stereocenters. The van der Waals surface area contributed by atoms with Crippen molar-refractivity contribution in [3.05, 3.63) is 28.8 Å². The first-order valence-electron chi connectivity index (χ1n) is 6.75. The average molecular weight is 259 g/mol. The van der Waals surface area contributed by atoms with Crippen molar-refractivity contribution in [3.8, 4) is 11.8 Å². The number of hydrogen-bond donors (Lipinski definition) is 2. The van der Waals surface area contributed by atoms with Gasteiger partial charge in [0.25, 0.3) is 0 Å². The van der Waals surface area contributed by atoms with Gasteiger partial charge in [-0.3, -0.25) is 4.90 Å². The molecule has 19 heavy (non-hydrogen) atoms. The minimum atomic E-state index is 0.130. The van der Waals surface area contributed by atoms with Gasteiger partial charge >= 0.3 is 0 Å². The molecule has 1 atom stereocenters. The van der Waals surface area contributed by atoms with E-state index >= 15 is 0 Å². The van der Waals surface area contributed by atoms with Gasteiger partial charge in [-0.1, -0.05) is 12.1 Å². The molecule has 0 radical (unpaired) electrons. The Hall–Kier alpha value is -1.57. The molecule has 2 N–H and O–H groups in total. The van der Waals surface area contributed by atoms with E-state index in [1.807, 2.05) is 26.0 Å². The first-order chi connectivity index (χ1) is 9.13. The van der Waals surface area contributed by atoms with Crippen molar-refractivity contribution in [2.75, 3.05) is 26.2 Å². The SMILES string of the molecule is Cc1cc([C@@H](CC#N)N2CCNCC2)cc(C)c1O. The van der Waals surface area contributed by atoms with Crippen molar-refractivity contribution in [3.63, 3.8) is 0 Å². The lowest BCUT2D eigenvalue weighted by Gasteiger charge is -2.34. The fraction of sp³-hybridized carbons (Fsp3) is 0.533. The number of phenols is 1. The number of phenolic OH excluding ortho intramolecular Hbond substituents is 1.